The lowest BCUT2D eigenvalue weighted by atomic mass is 10.1. The average molecular weight is 412 g/mol. The highest BCUT2D eigenvalue weighted by Gasteiger charge is 2.15. The summed E-state index contributed by atoms with van der Waals surface area (Å²) in [4.78, 5) is 11.7. The number of aliphatic hydroxyl groups is 1. The van der Waals surface area contributed by atoms with E-state index in [0.717, 1.165) is 23.1 Å². The lowest BCUT2D eigenvalue weighted by molar-refractivity contribution is 0.0987. The number of hydrogen-bond acceptors (Lipinski definition) is 6. The maximum absolute atomic E-state index is 11.7. The van der Waals surface area contributed by atoms with Gasteiger partial charge < -0.3 is 14.4 Å². The Morgan fingerprint density at radius 3 is 2.48 bits per heavy atom. The minimum Gasteiger partial charge on any atom is -0.491 e. The number of benzene rings is 2. The zero-order valence-corrected chi connectivity index (χ0v) is 17.4. The number of rotatable bonds is 10. The number of carbonyl (C=O) groups is 1. The molecular formula is C22H25N3O3S. The average Bonchev–Trinajstić information content (AvgIpc) is 3.19. The summed E-state index contributed by atoms with van der Waals surface area (Å²) in [6.45, 7) is 4.80. The molecule has 0 saturated carbocycles. The normalized spacial score (nSPS) is 12.0. The van der Waals surface area contributed by atoms with Crippen LogP contribution in [-0.4, -0.2) is 44.1 Å². The van der Waals surface area contributed by atoms with E-state index in [1.54, 1.807) is 24.3 Å². The van der Waals surface area contributed by atoms with Gasteiger partial charge in [0.15, 0.2) is 16.8 Å². The summed E-state index contributed by atoms with van der Waals surface area (Å²) < 4.78 is 7.68. The summed E-state index contributed by atoms with van der Waals surface area (Å²) in [5, 5.41) is 19.6. The Morgan fingerprint density at radius 1 is 1.10 bits per heavy atom. The minimum atomic E-state index is -0.654. The molecule has 6 nitrogen and oxygen atoms in total. The maximum Gasteiger partial charge on any atom is 0.191 e. The quantitative estimate of drug-likeness (QED) is 0.400. The second kappa shape index (κ2) is 10.2. The third kappa shape index (κ3) is 5.46. The molecule has 7 heteroatoms. The molecule has 1 heterocycles. The lowest BCUT2D eigenvalue weighted by Crippen LogP contribution is -2.20. The molecule has 3 aromatic rings. The highest BCUT2D eigenvalue weighted by Crippen LogP contribution is 2.24. The first kappa shape index (κ1) is 21.1. The van der Waals surface area contributed by atoms with Crippen LogP contribution in [0, 0.1) is 0 Å². The van der Waals surface area contributed by atoms with Gasteiger partial charge in [-0.25, -0.2) is 0 Å². The molecule has 0 unspecified atom stereocenters. The highest BCUT2D eigenvalue weighted by molar-refractivity contribution is 7.99. The monoisotopic (exact) mass is 411 g/mol. The predicted octanol–water partition coefficient (Wildman–Crippen LogP) is 4.09. The van der Waals surface area contributed by atoms with E-state index >= 15 is 0 Å². The highest BCUT2D eigenvalue weighted by atomic mass is 32.2. The molecule has 0 spiro atoms. The van der Waals surface area contributed by atoms with E-state index in [9.17, 15) is 9.90 Å². The Hall–Kier alpha value is -2.64. The second-order valence-corrected chi connectivity index (χ2v) is 7.48. The van der Waals surface area contributed by atoms with Crippen molar-refractivity contribution in [2.45, 2.75) is 38.1 Å². The van der Waals surface area contributed by atoms with Crippen molar-refractivity contribution in [3.63, 3.8) is 0 Å². The summed E-state index contributed by atoms with van der Waals surface area (Å²) in [5.41, 5.74) is 1.69. The molecule has 0 radical (unpaired) electrons. The van der Waals surface area contributed by atoms with Crippen LogP contribution in [0.1, 0.15) is 30.6 Å². The van der Waals surface area contributed by atoms with Gasteiger partial charge in [0, 0.05) is 29.8 Å². The fraction of sp³-hybridized carbons (Fsp3) is 0.318. The van der Waals surface area contributed by atoms with Crippen LogP contribution in [0.2, 0.25) is 0 Å². The molecule has 0 amide bonds. The van der Waals surface area contributed by atoms with Crippen LogP contribution in [0.5, 0.6) is 5.75 Å². The van der Waals surface area contributed by atoms with E-state index in [1.807, 2.05) is 48.7 Å². The van der Waals surface area contributed by atoms with Crippen LogP contribution in [0.4, 0.5) is 0 Å². The number of ketones is 1. The third-order valence-corrected chi connectivity index (χ3v) is 5.52. The summed E-state index contributed by atoms with van der Waals surface area (Å²) >= 11 is 1.45. The number of thioether (sulfide) groups is 1. The van der Waals surface area contributed by atoms with Gasteiger partial charge in [0.2, 0.25) is 0 Å². The zero-order chi connectivity index (χ0) is 20.6. The van der Waals surface area contributed by atoms with Gasteiger partial charge in [-0.2, -0.15) is 0 Å². The molecule has 0 aliphatic heterocycles. The van der Waals surface area contributed by atoms with Gasteiger partial charge in [-0.15, -0.1) is 10.2 Å². The van der Waals surface area contributed by atoms with Gasteiger partial charge >= 0.3 is 0 Å². The molecule has 0 fully saturated rings. The first-order chi connectivity index (χ1) is 14.1. The number of hydrogen-bond donors (Lipinski definition) is 1. The molecule has 0 aliphatic carbocycles. The van der Waals surface area contributed by atoms with Crippen molar-refractivity contribution in [3.8, 4) is 17.1 Å². The SMILES string of the molecule is CCC(=O)c1ccc(OC[C@@H](O)CSc2nnc(-c3ccccc3)n2CC)cc1. The van der Waals surface area contributed by atoms with E-state index < -0.39 is 6.10 Å². The van der Waals surface area contributed by atoms with Crippen LogP contribution in [0.3, 0.4) is 0 Å². The van der Waals surface area contributed by atoms with Crippen molar-refractivity contribution < 1.29 is 14.6 Å². The molecule has 152 valence electrons. The van der Waals surface area contributed by atoms with Crippen molar-refractivity contribution in [2.24, 2.45) is 0 Å². The van der Waals surface area contributed by atoms with E-state index in [2.05, 4.69) is 10.2 Å². The second-order valence-electron chi connectivity index (χ2n) is 6.49. The molecular weight excluding hydrogens is 386 g/mol. The zero-order valence-electron chi connectivity index (χ0n) is 16.6. The molecule has 0 saturated heterocycles. The van der Waals surface area contributed by atoms with Crippen molar-refractivity contribution in [1.29, 1.82) is 0 Å². The van der Waals surface area contributed by atoms with Gasteiger partial charge in [-0.1, -0.05) is 49.0 Å². The number of Topliss-reactive ketones (excluding diaryl/α,β-unsaturated/α-hetero) is 1. The number of nitrogens with zero attached hydrogens (tertiary/aromatic N) is 3. The van der Waals surface area contributed by atoms with Gasteiger partial charge in [-0.05, 0) is 31.2 Å². The van der Waals surface area contributed by atoms with Crippen molar-refractivity contribution >= 4 is 17.5 Å². The molecule has 3 rings (SSSR count). The van der Waals surface area contributed by atoms with Gasteiger partial charge in [0.05, 0.1) is 6.10 Å². The fourth-order valence-electron chi connectivity index (χ4n) is 2.83. The molecule has 2 aromatic carbocycles. The van der Waals surface area contributed by atoms with E-state index in [1.165, 1.54) is 11.8 Å². The lowest BCUT2D eigenvalue weighted by Gasteiger charge is -2.13. The summed E-state index contributed by atoms with van der Waals surface area (Å²) in [7, 11) is 0. The first-order valence-electron chi connectivity index (χ1n) is 9.67. The Kier molecular flexibility index (Phi) is 7.43. The van der Waals surface area contributed by atoms with Gasteiger partial charge in [-0.3, -0.25) is 4.79 Å². The van der Waals surface area contributed by atoms with Gasteiger partial charge in [0.25, 0.3) is 0 Å². The topological polar surface area (TPSA) is 77.2 Å². The standard InChI is InChI=1S/C22H25N3O3S/c1-3-20(27)16-10-12-19(13-11-16)28-14-18(26)15-29-22-24-23-21(25(22)4-2)17-8-6-5-7-9-17/h5-13,18,26H,3-4,14-15H2,1-2H3/t18-/m1/s1. The smallest absolute Gasteiger partial charge is 0.191 e. The largest absolute Gasteiger partial charge is 0.491 e. The van der Waals surface area contributed by atoms with Crippen molar-refractivity contribution in [1.82, 2.24) is 14.8 Å². The third-order valence-electron chi connectivity index (χ3n) is 4.41. The number of carbonyl (C=O) groups excluding carboxylic acids is 1. The first-order valence-corrected chi connectivity index (χ1v) is 10.7. The van der Waals surface area contributed by atoms with Crippen molar-refractivity contribution in [2.75, 3.05) is 12.4 Å². The Balaban J connectivity index is 1.54. The summed E-state index contributed by atoms with van der Waals surface area (Å²) in [5.74, 6) is 2.00. The van der Waals surface area contributed by atoms with E-state index in [0.29, 0.717) is 23.5 Å². The molecule has 1 atom stereocenters. The number of ether oxygens (including phenoxy) is 1. The van der Waals surface area contributed by atoms with Crippen LogP contribution in [-0.2, 0) is 6.54 Å². The maximum atomic E-state index is 11.7. The van der Waals surface area contributed by atoms with Crippen LogP contribution in [0.15, 0.2) is 59.8 Å². The van der Waals surface area contributed by atoms with Crippen LogP contribution in [0.25, 0.3) is 11.4 Å². The number of aliphatic hydroxyl groups excluding tert-OH is 1. The summed E-state index contributed by atoms with van der Waals surface area (Å²) in [6, 6.07) is 16.9. The van der Waals surface area contributed by atoms with Crippen molar-refractivity contribution in [3.05, 3.63) is 60.2 Å². The van der Waals surface area contributed by atoms with Crippen LogP contribution >= 0.6 is 11.8 Å². The minimum absolute atomic E-state index is 0.0999. The molecule has 0 bridgehead atoms. The molecule has 0 aliphatic rings. The molecule has 1 aromatic heterocycles. The Bertz CT molecular complexity index is 926. The Morgan fingerprint density at radius 2 is 1.83 bits per heavy atom. The predicted molar refractivity (Wildman–Crippen MR) is 114 cm³/mol. The van der Waals surface area contributed by atoms with E-state index in [-0.39, 0.29) is 12.4 Å². The Labute approximate surface area is 174 Å². The molecule has 29 heavy (non-hydrogen) atoms. The summed E-state index contributed by atoms with van der Waals surface area (Å²) in [6.07, 6.45) is -0.177. The van der Waals surface area contributed by atoms with Crippen LogP contribution < -0.4 is 4.74 Å². The van der Waals surface area contributed by atoms with Gasteiger partial charge in [0.1, 0.15) is 12.4 Å². The fourth-order valence-corrected chi connectivity index (χ4v) is 3.74. The van der Waals surface area contributed by atoms with E-state index in [4.69, 9.17) is 4.74 Å². The number of aromatic nitrogens is 3. The molecule has 1 N–H and O–H groups in total.